The zero-order valence-corrected chi connectivity index (χ0v) is 10.6. The summed E-state index contributed by atoms with van der Waals surface area (Å²) in [6.07, 6.45) is 0. The molecule has 0 aliphatic rings. The van der Waals surface area contributed by atoms with E-state index in [9.17, 15) is 0 Å². The first-order valence-electron chi connectivity index (χ1n) is 0. The van der Waals surface area contributed by atoms with Crippen molar-refractivity contribution >= 4 is 48.9 Å². The Labute approximate surface area is 88.8 Å². The Hall–Kier alpha value is 2.03. The maximum Gasteiger partial charge on any atom is 2.00 e. The van der Waals surface area contributed by atoms with E-state index in [0.717, 1.165) is 0 Å². The largest absolute Gasteiger partial charge is 2.00 e. The molecular formula is H4BaO4Zn. The molecule has 32 valence electrons. The van der Waals surface area contributed by atoms with Crippen LogP contribution in [-0.4, -0.2) is 70.8 Å². The molecule has 0 aromatic heterocycles. The second kappa shape index (κ2) is 61.9. The zero-order valence-electron chi connectivity index (χ0n) is 3.20. The van der Waals surface area contributed by atoms with Crippen LogP contribution in [0.5, 0.6) is 0 Å². The van der Waals surface area contributed by atoms with E-state index < -0.39 is 0 Å². The quantitative estimate of drug-likeness (QED) is 0.519. The van der Waals surface area contributed by atoms with Crippen LogP contribution in [0, 0.1) is 0 Å². The van der Waals surface area contributed by atoms with Crippen molar-refractivity contribution in [2.45, 2.75) is 0 Å². The van der Waals surface area contributed by atoms with Crippen LogP contribution < -0.4 is 0 Å². The van der Waals surface area contributed by atoms with Gasteiger partial charge in [-0.2, -0.15) is 0 Å². The van der Waals surface area contributed by atoms with Gasteiger partial charge in [0.2, 0.25) is 0 Å². The molecule has 0 unspecified atom stereocenters. The molecule has 0 spiro atoms. The van der Waals surface area contributed by atoms with Gasteiger partial charge in [0.05, 0.1) is 0 Å². The summed E-state index contributed by atoms with van der Waals surface area (Å²) >= 11 is 0. The maximum absolute atomic E-state index is 0. The van der Waals surface area contributed by atoms with Gasteiger partial charge in [0.25, 0.3) is 0 Å². The molecule has 0 aromatic carbocycles. The first-order valence-corrected chi connectivity index (χ1v) is 0. The average molecular weight is 271 g/mol. The van der Waals surface area contributed by atoms with E-state index in [4.69, 9.17) is 0 Å². The summed E-state index contributed by atoms with van der Waals surface area (Å²) < 4.78 is 0. The summed E-state index contributed by atoms with van der Waals surface area (Å²) in [5, 5.41) is 0. The number of hydrogen-bond acceptors (Lipinski definition) is 4. The van der Waals surface area contributed by atoms with Gasteiger partial charge in [-0.15, -0.1) is 0 Å². The van der Waals surface area contributed by atoms with E-state index in [2.05, 4.69) is 0 Å². The van der Waals surface area contributed by atoms with Gasteiger partial charge in [0.15, 0.2) is 0 Å². The van der Waals surface area contributed by atoms with E-state index in [-0.39, 0.29) is 90.3 Å². The molecule has 6 heavy (non-hydrogen) atoms. The minimum atomic E-state index is 0. The Morgan fingerprint density at radius 1 is 0.500 bits per heavy atom. The third-order valence-corrected chi connectivity index (χ3v) is 0. The number of hydrogen-bond donors (Lipinski definition) is 0. The van der Waals surface area contributed by atoms with Crippen LogP contribution in [0.15, 0.2) is 0 Å². The standard InChI is InChI=1S/Ba.4H2O.Zn/h;4*1H2;/q+2;;;;;+2/p-4. The van der Waals surface area contributed by atoms with Crippen molar-refractivity contribution in [3.8, 4) is 0 Å². The second-order valence-corrected chi connectivity index (χ2v) is 0. The predicted octanol–water partition coefficient (Wildman–Crippen LogP) is -1.09. The molecule has 4 nitrogen and oxygen atoms in total. The van der Waals surface area contributed by atoms with Gasteiger partial charge >= 0.3 is 68.4 Å². The molecule has 0 rings (SSSR count). The van der Waals surface area contributed by atoms with Crippen molar-refractivity contribution in [3.63, 3.8) is 0 Å². The first kappa shape index (κ1) is 96.0. The Morgan fingerprint density at radius 2 is 0.500 bits per heavy atom. The molecule has 0 bridgehead atoms. The monoisotopic (exact) mass is 270 g/mol. The third-order valence-electron chi connectivity index (χ3n) is 0. The molecular weight excluding hydrogens is 267 g/mol. The molecule has 4 N–H and O–H groups in total. The van der Waals surface area contributed by atoms with Crippen LogP contribution in [0.2, 0.25) is 0 Å². The third kappa shape index (κ3) is 36.9. The van der Waals surface area contributed by atoms with Crippen LogP contribution in [0.25, 0.3) is 0 Å². The summed E-state index contributed by atoms with van der Waals surface area (Å²) in [6.45, 7) is 0. The van der Waals surface area contributed by atoms with Gasteiger partial charge in [-0.25, -0.2) is 0 Å². The maximum atomic E-state index is 0. The van der Waals surface area contributed by atoms with Crippen molar-refractivity contribution in [2.75, 3.05) is 0 Å². The van der Waals surface area contributed by atoms with Gasteiger partial charge < -0.3 is 21.9 Å². The topological polar surface area (TPSA) is 120 Å². The van der Waals surface area contributed by atoms with Crippen molar-refractivity contribution < 1.29 is 41.4 Å². The van der Waals surface area contributed by atoms with Crippen LogP contribution >= 0.6 is 0 Å². The molecule has 6 heteroatoms. The normalized spacial score (nSPS) is 0. The van der Waals surface area contributed by atoms with E-state index in [1.54, 1.807) is 0 Å². The Kier molecular flexibility index (Phi) is 990. The van der Waals surface area contributed by atoms with Crippen LogP contribution in [0.3, 0.4) is 0 Å². The zero-order chi connectivity index (χ0) is 0. The van der Waals surface area contributed by atoms with E-state index >= 15 is 0 Å². The second-order valence-electron chi connectivity index (χ2n) is 0. The average Bonchev–Trinajstić information content (AvgIpc) is 0. The molecule has 0 atom stereocenters. The van der Waals surface area contributed by atoms with Gasteiger partial charge in [-0.3, -0.25) is 0 Å². The molecule has 0 amide bonds. The summed E-state index contributed by atoms with van der Waals surface area (Å²) in [5.74, 6) is 0. The predicted molar refractivity (Wildman–Crippen MR) is 13.5 cm³/mol. The molecule has 0 fully saturated rings. The first-order chi connectivity index (χ1) is 0. The summed E-state index contributed by atoms with van der Waals surface area (Å²) in [6, 6.07) is 0. The summed E-state index contributed by atoms with van der Waals surface area (Å²) in [4.78, 5) is 0. The van der Waals surface area contributed by atoms with E-state index in [1.165, 1.54) is 0 Å². The molecule has 0 aliphatic carbocycles. The molecule has 0 heterocycles. The summed E-state index contributed by atoms with van der Waals surface area (Å²) in [7, 11) is 0. The van der Waals surface area contributed by atoms with Crippen molar-refractivity contribution in [1.29, 1.82) is 0 Å². The fourth-order valence-corrected chi connectivity index (χ4v) is 0. The molecule has 0 radical (unpaired) electrons. The minimum absolute atomic E-state index is 0. The van der Waals surface area contributed by atoms with Gasteiger partial charge in [0, 0.05) is 0 Å². The van der Waals surface area contributed by atoms with Gasteiger partial charge in [-0.1, -0.05) is 0 Å². The fraction of sp³-hybridized carbons (Fsp3) is 0. The van der Waals surface area contributed by atoms with Crippen LogP contribution in [0.1, 0.15) is 0 Å². The van der Waals surface area contributed by atoms with Crippen molar-refractivity contribution in [3.05, 3.63) is 0 Å². The van der Waals surface area contributed by atoms with Crippen LogP contribution in [0.4, 0.5) is 0 Å². The molecule has 0 aromatic rings. The fourth-order valence-electron chi connectivity index (χ4n) is 0. The number of rotatable bonds is 0. The molecule has 0 aliphatic heterocycles. The SMILES string of the molecule is [Ba+2].[OH-].[OH-].[OH-].[OH-].[Zn+2]. The van der Waals surface area contributed by atoms with E-state index in [0.29, 0.717) is 0 Å². The molecule has 0 saturated heterocycles. The summed E-state index contributed by atoms with van der Waals surface area (Å²) in [5.41, 5.74) is 0. The Morgan fingerprint density at radius 3 is 0.500 bits per heavy atom. The van der Waals surface area contributed by atoms with Gasteiger partial charge in [-0.05, 0) is 0 Å². The minimum Gasteiger partial charge on any atom is -0.870 e. The van der Waals surface area contributed by atoms with Crippen molar-refractivity contribution in [2.24, 2.45) is 0 Å². The Bertz CT molecular complexity index is 7.51. The molecule has 0 saturated carbocycles. The Balaban J connectivity index is 0. The van der Waals surface area contributed by atoms with Gasteiger partial charge in [0.1, 0.15) is 0 Å². The van der Waals surface area contributed by atoms with Crippen molar-refractivity contribution in [1.82, 2.24) is 0 Å². The van der Waals surface area contributed by atoms with E-state index in [1.807, 2.05) is 0 Å². The smallest absolute Gasteiger partial charge is 0.870 e. The van der Waals surface area contributed by atoms with Crippen LogP contribution in [-0.2, 0) is 19.5 Å².